The van der Waals surface area contributed by atoms with Gasteiger partial charge in [0, 0.05) is 25.1 Å². The molecule has 0 spiro atoms. The predicted octanol–water partition coefficient (Wildman–Crippen LogP) is 1.86. The highest BCUT2D eigenvalue weighted by atomic mass is 32.1. The van der Waals surface area contributed by atoms with E-state index in [1.54, 1.807) is 0 Å². The van der Waals surface area contributed by atoms with Crippen molar-refractivity contribution in [2.45, 2.75) is 37.7 Å². The lowest BCUT2D eigenvalue weighted by Crippen LogP contribution is -2.53. The van der Waals surface area contributed by atoms with Gasteiger partial charge in [0.15, 0.2) is 0 Å². The number of hydrogen-bond donors (Lipinski definition) is 2. The monoisotopic (exact) mass is 253 g/mol. The molecule has 1 aromatic rings. The summed E-state index contributed by atoms with van der Waals surface area (Å²) in [5, 5.41) is 11.7. The second-order valence-electron chi connectivity index (χ2n) is 5.33. The fourth-order valence-electron chi connectivity index (χ4n) is 3.20. The van der Waals surface area contributed by atoms with Crippen LogP contribution in [0.1, 0.15) is 32.1 Å². The highest BCUT2D eigenvalue weighted by molar-refractivity contribution is 7.10. The van der Waals surface area contributed by atoms with Crippen LogP contribution in [0.15, 0.2) is 6.07 Å². The van der Waals surface area contributed by atoms with Crippen LogP contribution in [-0.2, 0) is 0 Å². The molecule has 1 aliphatic heterocycles. The normalized spacial score (nSPS) is 33.5. The third-order valence-corrected chi connectivity index (χ3v) is 5.12. The Kier molecular flexibility index (Phi) is 2.75. The van der Waals surface area contributed by atoms with Crippen LogP contribution in [-0.4, -0.2) is 28.2 Å². The molecule has 4 nitrogen and oxygen atoms in total. The van der Waals surface area contributed by atoms with E-state index >= 15 is 0 Å². The molecule has 2 aliphatic rings. The first-order chi connectivity index (χ1) is 8.17. The minimum Gasteiger partial charge on any atom is -0.389 e. The minimum absolute atomic E-state index is 0.398. The molecule has 2 fully saturated rings. The van der Waals surface area contributed by atoms with E-state index in [1.807, 2.05) is 6.07 Å². The van der Waals surface area contributed by atoms with Crippen LogP contribution >= 0.6 is 11.5 Å². The van der Waals surface area contributed by atoms with Gasteiger partial charge in [-0.05, 0) is 30.8 Å². The first kappa shape index (κ1) is 11.3. The molecule has 1 saturated heterocycles. The molecule has 17 heavy (non-hydrogen) atoms. The SMILES string of the molecule is Nc1cc(N2CCC3(O)CCCCC3C2)sn1. The van der Waals surface area contributed by atoms with Gasteiger partial charge in [-0.25, -0.2) is 0 Å². The fourth-order valence-corrected chi connectivity index (χ4v) is 3.91. The van der Waals surface area contributed by atoms with Gasteiger partial charge in [-0.15, -0.1) is 0 Å². The summed E-state index contributed by atoms with van der Waals surface area (Å²) in [6.45, 7) is 1.88. The quantitative estimate of drug-likeness (QED) is 0.802. The van der Waals surface area contributed by atoms with Crippen LogP contribution < -0.4 is 10.6 Å². The van der Waals surface area contributed by atoms with E-state index in [9.17, 15) is 5.11 Å². The average molecular weight is 253 g/mol. The zero-order chi connectivity index (χ0) is 11.9. The first-order valence-electron chi connectivity index (χ1n) is 6.37. The Balaban J connectivity index is 1.75. The Morgan fingerprint density at radius 1 is 1.47 bits per heavy atom. The number of hydrogen-bond acceptors (Lipinski definition) is 5. The Morgan fingerprint density at radius 2 is 2.35 bits per heavy atom. The summed E-state index contributed by atoms with van der Waals surface area (Å²) in [4.78, 5) is 2.33. The number of anilines is 2. The van der Waals surface area contributed by atoms with Gasteiger partial charge >= 0.3 is 0 Å². The molecular formula is C12H19N3OS. The van der Waals surface area contributed by atoms with Crippen molar-refractivity contribution in [3.8, 4) is 0 Å². The van der Waals surface area contributed by atoms with Gasteiger partial charge in [-0.1, -0.05) is 12.8 Å². The van der Waals surface area contributed by atoms with Crippen molar-refractivity contribution in [3.63, 3.8) is 0 Å². The summed E-state index contributed by atoms with van der Waals surface area (Å²) in [5.41, 5.74) is 5.27. The molecule has 1 aliphatic carbocycles. The van der Waals surface area contributed by atoms with Gasteiger partial charge in [-0.3, -0.25) is 0 Å². The van der Waals surface area contributed by atoms with Crippen molar-refractivity contribution < 1.29 is 5.11 Å². The number of nitrogens with zero attached hydrogens (tertiary/aromatic N) is 2. The van der Waals surface area contributed by atoms with E-state index in [0.29, 0.717) is 11.7 Å². The summed E-state index contributed by atoms with van der Waals surface area (Å²) >= 11 is 1.46. The number of aliphatic hydroxyl groups is 1. The third kappa shape index (κ3) is 2.02. The van der Waals surface area contributed by atoms with Crippen LogP contribution in [0.2, 0.25) is 0 Å². The summed E-state index contributed by atoms with van der Waals surface area (Å²) < 4.78 is 4.13. The first-order valence-corrected chi connectivity index (χ1v) is 7.14. The molecular weight excluding hydrogens is 234 g/mol. The number of fused-ring (bicyclic) bond motifs is 1. The standard InChI is InChI=1S/C12H19N3OS/c13-10-7-11(17-14-10)15-6-5-12(16)4-2-1-3-9(12)8-15/h7,9,16H,1-6,8H2,(H2,13,14). The second kappa shape index (κ2) is 4.14. The van der Waals surface area contributed by atoms with E-state index in [-0.39, 0.29) is 0 Å². The van der Waals surface area contributed by atoms with Gasteiger partial charge in [0.2, 0.25) is 0 Å². The molecule has 0 radical (unpaired) electrons. The van der Waals surface area contributed by atoms with Crippen molar-refractivity contribution in [3.05, 3.63) is 6.07 Å². The fraction of sp³-hybridized carbons (Fsp3) is 0.750. The van der Waals surface area contributed by atoms with Gasteiger partial charge in [-0.2, -0.15) is 4.37 Å². The summed E-state index contributed by atoms with van der Waals surface area (Å²) in [6.07, 6.45) is 5.46. The molecule has 94 valence electrons. The van der Waals surface area contributed by atoms with Crippen molar-refractivity contribution in [2.24, 2.45) is 5.92 Å². The zero-order valence-electron chi connectivity index (χ0n) is 9.93. The van der Waals surface area contributed by atoms with E-state index in [1.165, 1.54) is 24.4 Å². The molecule has 2 atom stereocenters. The van der Waals surface area contributed by atoms with E-state index in [0.717, 1.165) is 37.4 Å². The van der Waals surface area contributed by atoms with E-state index in [4.69, 9.17) is 5.73 Å². The number of nitrogen functional groups attached to an aromatic ring is 1. The topological polar surface area (TPSA) is 62.4 Å². The second-order valence-corrected chi connectivity index (χ2v) is 6.12. The number of aromatic nitrogens is 1. The van der Waals surface area contributed by atoms with Gasteiger partial charge in [0.25, 0.3) is 0 Å². The lowest BCUT2D eigenvalue weighted by Gasteiger charge is -2.47. The molecule has 2 unspecified atom stereocenters. The van der Waals surface area contributed by atoms with Crippen molar-refractivity contribution in [1.29, 1.82) is 0 Å². The lowest BCUT2D eigenvalue weighted by molar-refractivity contribution is -0.0611. The molecule has 0 amide bonds. The maximum Gasteiger partial charge on any atom is 0.139 e. The number of nitrogens with two attached hydrogens (primary N) is 1. The van der Waals surface area contributed by atoms with Crippen LogP contribution in [0.4, 0.5) is 10.8 Å². The summed E-state index contributed by atoms with van der Waals surface area (Å²) in [6, 6.07) is 1.94. The minimum atomic E-state index is -0.398. The van der Waals surface area contributed by atoms with Crippen LogP contribution in [0.25, 0.3) is 0 Å². The van der Waals surface area contributed by atoms with Crippen molar-refractivity contribution in [2.75, 3.05) is 23.7 Å². The highest BCUT2D eigenvalue weighted by Gasteiger charge is 2.42. The maximum absolute atomic E-state index is 10.6. The molecule has 0 bridgehead atoms. The van der Waals surface area contributed by atoms with Crippen LogP contribution in [0.3, 0.4) is 0 Å². The molecule has 3 N–H and O–H groups in total. The van der Waals surface area contributed by atoms with Crippen molar-refractivity contribution in [1.82, 2.24) is 4.37 Å². The largest absolute Gasteiger partial charge is 0.389 e. The lowest BCUT2D eigenvalue weighted by atomic mass is 9.71. The molecule has 1 aromatic heterocycles. The average Bonchev–Trinajstić information content (AvgIpc) is 2.75. The summed E-state index contributed by atoms with van der Waals surface area (Å²) in [7, 11) is 0. The van der Waals surface area contributed by atoms with Gasteiger partial charge in [0.05, 0.1) is 5.60 Å². The van der Waals surface area contributed by atoms with Crippen LogP contribution in [0.5, 0.6) is 0 Å². The van der Waals surface area contributed by atoms with Gasteiger partial charge in [0.1, 0.15) is 10.8 Å². The molecule has 3 rings (SSSR count). The zero-order valence-corrected chi connectivity index (χ0v) is 10.7. The smallest absolute Gasteiger partial charge is 0.139 e. The van der Waals surface area contributed by atoms with E-state index < -0.39 is 5.60 Å². The number of piperidine rings is 1. The predicted molar refractivity (Wildman–Crippen MR) is 70.3 cm³/mol. The highest BCUT2D eigenvalue weighted by Crippen LogP contribution is 2.41. The van der Waals surface area contributed by atoms with Gasteiger partial charge < -0.3 is 15.7 Å². The third-order valence-electron chi connectivity index (χ3n) is 4.26. The Bertz CT molecular complexity index is 408. The molecule has 1 saturated carbocycles. The molecule has 0 aromatic carbocycles. The molecule has 5 heteroatoms. The maximum atomic E-state index is 10.6. The van der Waals surface area contributed by atoms with Crippen LogP contribution in [0, 0.1) is 5.92 Å². The number of rotatable bonds is 1. The Labute approximate surface area is 106 Å². The molecule has 2 heterocycles. The van der Waals surface area contributed by atoms with Crippen molar-refractivity contribution >= 4 is 22.4 Å². The van der Waals surface area contributed by atoms with E-state index in [2.05, 4.69) is 9.27 Å². The summed E-state index contributed by atoms with van der Waals surface area (Å²) in [5.74, 6) is 1.03. The Morgan fingerprint density at radius 3 is 3.12 bits per heavy atom. The Hall–Kier alpha value is -0.810.